The molecule has 0 aromatic heterocycles. The normalized spacial score (nSPS) is 12.2. The van der Waals surface area contributed by atoms with Crippen LogP contribution in [0.5, 0.6) is 23.0 Å². The number of hydrogen-bond donors (Lipinski definition) is 1. The van der Waals surface area contributed by atoms with E-state index >= 15 is 0 Å². The lowest BCUT2D eigenvalue weighted by Gasteiger charge is -2.10. The molecule has 0 aliphatic carbocycles. The largest absolute Gasteiger partial charge is 0.493 e. The molecule has 0 saturated carbocycles. The Morgan fingerprint density at radius 2 is 1.78 bits per heavy atom. The van der Waals surface area contributed by atoms with E-state index in [4.69, 9.17) is 28.5 Å². The molecule has 0 fully saturated rings. The van der Waals surface area contributed by atoms with Gasteiger partial charge in [-0.3, -0.25) is 4.79 Å². The van der Waals surface area contributed by atoms with E-state index in [0.29, 0.717) is 28.7 Å². The molecule has 32 heavy (non-hydrogen) atoms. The zero-order chi connectivity index (χ0) is 22.9. The van der Waals surface area contributed by atoms with Crippen molar-refractivity contribution >= 4 is 17.6 Å². The number of carbonyl (C=O) groups is 2. The second-order valence-corrected chi connectivity index (χ2v) is 6.64. The highest BCUT2D eigenvalue weighted by Gasteiger charge is 2.14. The van der Waals surface area contributed by atoms with Gasteiger partial charge in [0.1, 0.15) is 0 Å². The number of amides is 1. The lowest BCUT2D eigenvalue weighted by molar-refractivity contribution is -0.152. The SMILES string of the molecule is COc1ccc(CNC(=O)COC(=O)CO/N=C(\C)c2ccc3c(c2)OCO3)cc1OC. The van der Waals surface area contributed by atoms with E-state index in [2.05, 4.69) is 10.5 Å². The van der Waals surface area contributed by atoms with Gasteiger partial charge in [0.05, 0.1) is 19.9 Å². The standard InChI is InChI=1S/C22H24N2O8/c1-14(16-5-7-18-20(9-16)31-13-30-18)24-32-12-22(26)29-11-21(25)23-10-15-4-6-17(27-2)19(8-15)28-3/h4-9H,10-13H2,1-3H3,(H,23,25)/b24-14+. The molecule has 1 N–H and O–H groups in total. The summed E-state index contributed by atoms with van der Waals surface area (Å²) < 4.78 is 25.9. The Balaban J connectivity index is 1.38. The first-order chi connectivity index (χ1) is 15.5. The molecule has 2 aromatic rings. The van der Waals surface area contributed by atoms with Crippen molar-refractivity contribution < 1.29 is 38.1 Å². The zero-order valence-corrected chi connectivity index (χ0v) is 18.0. The summed E-state index contributed by atoms with van der Waals surface area (Å²) in [7, 11) is 3.07. The molecule has 0 spiro atoms. The van der Waals surface area contributed by atoms with Crippen LogP contribution in [0.4, 0.5) is 0 Å². The van der Waals surface area contributed by atoms with E-state index in [1.807, 2.05) is 0 Å². The smallest absolute Gasteiger partial charge is 0.347 e. The number of rotatable bonds is 10. The van der Waals surface area contributed by atoms with Crippen molar-refractivity contribution in [1.29, 1.82) is 0 Å². The molecular formula is C22H24N2O8. The van der Waals surface area contributed by atoms with Crippen molar-refractivity contribution in [3.05, 3.63) is 47.5 Å². The minimum absolute atomic E-state index is 0.180. The van der Waals surface area contributed by atoms with Crippen molar-refractivity contribution in [2.45, 2.75) is 13.5 Å². The molecular weight excluding hydrogens is 420 g/mol. The summed E-state index contributed by atoms with van der Waals surface area (Å²) in [6.45, 7) is 1.29. The summed E-state index contributed by atoms with van der Waals surface area (Å²) in [5.41, 5.74) is 2.11. The Kier molecular flexibility index (Phi) is 7.74. The quantitative estimate of drug-likeness (QED) is 0.336. The van der Waals surface area contributed by atoms with Gasteiger partial charge in [-0.25, -0.2) is 4.79 Å². The number of methoxy groups -OCH3 is 2. The molecule has 0 atom stereocenters. The Morgan fingerprint density at radius 3 is 2.56 bits per heavy atom. The van der Waals surface area contributed by atoms with Gasteiger partial charge in [-0.2, -0.15) is 0 Å². The molecule has 1 heterocycles. The average Bonchev–Trinajstić information content (AvgIpc) is 3.29. The molecule has 1 amide bonds. The maximum absolute atomic E-state index is 11.9. The predicted molar refractivity (Wildman–Crippen MR) is 113 cm³/mol. The molecule has 170 valence electrons. The number of hydrogen-bond acceptors (Lipinski definition) is 9. The maximum Gasteiger partial charge on any atom is 0.347 e. The lowest BCUT2D eigenvalue weighted by atomic mass is 10.1. The molecule has 0 radical (unpaired) electrons. The number of nitrogens with zero attached hydrogens (tertiary/aromatic N) is 1. The molecule has 0 bridgehead atoms. The van der Waals surface area contributed by atoms with E-state index in [1.54, 1.807) is 50.4 Å². The van der Waals surface area contributed by atoms with Crippen LogP contribution in [0, 0.1) is 0 Å². The highest BCUT2D eigenvalue weighted by Crippen LogP contribution is 2.32. The number of ether oxygens (including phenoxy) is 5. The number of fused-ring (bicyclic) bond motifs is 1. The van der Waals surface area contributed by atoms with E-state index in [1.165, 1.54) is 7.11 Å². The number of esters is 1. The van der Waals surface area contributed by atoms with Gasteiger partial charge in [0.15, 0.2) is 29.6 Å². The molecule has 2 aromatic carbocycles. The van der Waals surface area contributed by atoms with Gasteiger partial charge in [0.25, 0.3) is 5.91 Å². The van der Waals surface area contributed by atoms with Crippen molar-refractivity contribution in [1.82, 2.24) is 5.32 Å². The third-order valence-electron chi connectivity index (χ3n) is 4.48. The third kappa shape index (κ3) is 6.03. The van der Waals surface area contributed by atoms with Crippen molar-refractivity contribution in [2.75, 3.05) is 34.2 Å². The van der Waals surface area contributed by atoms with Crippen LogP contribution in [0.1, 0.15) is 18.1 Å². The first kappa shape index (κ1) is 22.7. The Morgan fingerprint density at radius 1 is 1.00 bits per heavy atom. The van der Waals surface area contributed by atoms with Crippen molar-refractivity contribution in [3.63, 3.8) is 0 Å². The van der Waals surface area contributed by atoms with Gasteiger partial charge in [0, 0.05) is 12.1 Å². The Labute approximate surface area is 185 Å². The van der Waals surface area contributed by atoms with Crippen LogP contribution in [-0.2, 0) is 25.7 Å². The highest BCUT2D eigenvalue weighted by molar-refractivity contribution is 5.99. The fourth-order valence-electron chi connectivity index (χ4n) is 2.79. The van der Waals surface area contributed by atoms with E-state index in [9.17, 15) is 9.59 Å². The average molecular weight is 444 g/mol. The van der Waals surface area contributed by atoms with Crippen LogP contribution in [0.25, 0.3) is 0 Å². The van der Waals surface area contributed by atoms with Crippen LogP contribution in [0.15, 0.2) is 41.6 Å². The second-order valence-electron chi connectivity index (χ2n) is 6.64. The molecule has 0 unspecified atom stereocenters. The second kappa shape index (κ2) is 10.9. The zero-order valence-electron chi connectivity index (χ0n) is 18.0. The van der Waals surface area contributed by atoms with Crippen LogP contribution in [-0.4, -0.2) is 51.8 Å². The highest BCUT2D eigenvalue weighted by atomic mass is 16.7. The van der Waals surface area contributed by atoms with Gasteiger partial charge in [-0.1, -0.05) is 11.2 Å². The van der Waals surface area contributed by atoms with Crippen LogP contribution in [0.3, 0.4) is 0 Å². The number of benzene rings is 2. The minimum Gasteiger partial charge on any atom is -0.493 e. The third-order valence-corrected chi connectivity index (χ3v) is 4.48. The van der Waals surface area contributed by atoms with Crippen LogP contribution in [0.2, 0.25) is 0 Å². The minimum atomic E-state index is -0.714. The summed E-state index contributed by atoms with van der Waals surface area (Å²) in [5.74, 6) is 1.26. The van der Waals surface area contributed by atoms with Crippen LogP contribution < -0.4 is 24.3 Å². The summed E-state index contributed by atoms with van der Waals surface area (Å²) in [4.78, 5) is 28.7. The van der Waals surface area contributed by atoms with Crippen LogP contribution >= 0.6 is 0 Å². The lowest BCUT2D eigenvalue weighted by Crippen LogP contribution is -2.29. The van der Waals surface area contributed by atoms with Gasteiger partial charge >= 0.3 is 5.97 Å². The van der Waals surface area contributed by atoms with Gasteiger partial charge in [-0.05, 0) is 42.8 Å². The number of carbonyl (C=O) groups excluding carboxylic acids is 2. The summed E-state index contributed by atoms with van der Waals surface area (Å²) in [5, 5.41) is 6.55. The fraction of sp³-hybridized carbons (Fsp3) is 0.318. The number of oxime groups is 1. The molecule has 1 aliphatic rings. The molecule has 1 aliphatic heterocycles. The Bertz CT molecular complexity index is 1010. The summed E-state index contributed by atoms with van der Waals surface area (Å²) in [6, 6.07) is 10.6. The number of nitrogens with one attached hydrogen (secondary N) is 1. The fourth-order valence-corrected chi connectivity index (χ4v) is 2.79. The molecule has 10 heteroatoms. The topological polar surface area (TPSA) is 114 Å². The monoisotopic (exact) mass is 444 g/mol. The van der Waals surface area contributed by atoms with Crippen molar-refractivity contribution in [3.8, 4) is 23.0 Å². The maximum atomic E-state index is 11.9. The first-order valence-corrected chi connectivity index (χ1v) is 9.70. The molecule has 3 rings (SSSR count). The van der Waals surface area contributed by atoms with Gasteiger partial charge in [-0.15, -0.1) is 0 Å². The summed E-state index contributed by atoms with van der Waals surface area (Å²) in [6.07, 6.45) is 0. The molecule has 10 nitrogen and oxygen atoms in total. The Hall–Kier alpha value is -3.95. The summed E-state index contributed by atoms with van der Waals surface area (Å²) >= 11 is 0. The van der Waals surface area contributed by atoms with E-state index in [0.717, 1.165) is 11.1 Å². The van der Waals surface area contributed by atoms with Gasteiger partial charge in [0.2, 0.25) is 13.4 Å². The van der Waals surface area contributed by atoms with Gasteiger partial charge < -0.3 is 33.8 Å². The van der Waals surface area contributed by atoms with E-state index < -0.39 is 25.1 Å². The van der Waals surface area contributed by atoms with Crippen molar-refractivity contribution in [2.24, 2.45) is 5.16 Å². The molecule has 0 saturated heterocycles. The first-order valence-electron chi connectivity index (χ1n) is 9.70. The van der Waals surface area contributed by atoms with E-state index in [-0.39, 0.29) is 13.3 Å². The predicted octanol–water partition coefficient (Wildman–Crippen LogP) is 2.03.